The van der Waals surface area contributed by atoms with E-state index in [-0.39, 0.29) is 5.54 Å². The molecule has 94 valence electrons. The summed E-state index contributed by atoms with van der Waals surface area (Å²) in [5.41, 5.74) is 0.106. The highest BCUT2D eigenvalue weighted by Crippen LogP contribution is 2.26. The molecule has 1 atom stereocenters. The van der Waals surface area contributed by atoms with E-state index in [0.717, 1.165) is 25.7 Å². The van der Waals surface area contributed by atoms with Crippen LogP contribution in [0.5, 0.6) is 0 Å². The molecule has 0 aromatic rings. The Labute approximate surface area is 99.5 Å². The lowest BCUT2D eigenvalue weighted by molar-refractivity contribution is -0.0757. The fourth-order valence-electron chi connectivity index (χ4n) is 2.42. The van der Waals surface area contributed by atoms with Crippen LogP contribution in [-0.4, -0.2) is 48.3 Å². The molecule has 1 N–H and O–H groups in total. The minimum absolute atomic E-state index is 0.106. The summed E-state index contributed by atoms with van der Waals surface area (Å²) in [6.07, 6.45) is 3.00. The largest absolute Gasteiger partial charge is 0.374 e. The van der Waals surface area contributed by atoms with Gasteiger partial charge < -0.3 is 10.1 Å². The predicted octanol–water partition coefficient (Wildman–Crippen LogP) is 1.63. The molecule has 2 rings (SSSR count). The highest BCUT2D eigenvalue weighted by Gasteiger charge is 2.38. The van der Waals surface area contributed by atoms with Crippen LogP contribution in [-0.2, 0) is 4.74 Å². The Morgan fingerprint density at radius 3 is 2.56 bits per heavy atom. The molecule has 16 heavy (non-hydrogen) atoms. The topological polar surface area (TPSA) is 24.5 Å². The van der Waals surface area contributed by atoms with Crippen LogP contribution in [0.1, 0.15) is 40.5 Å². The van der Waals surface area contributed by atoms with Crippen LogP contribution in [0.4, 0.5) is 0 Å². The molecule has 0 spiro atoms. The van der Waals surface area contributed by atoms with Gasteiger partial charge in [0, 0.05) is 30.7 Å². The molecule has 1 saturated heterocycles. The maximum absolute atomic E-state index is 5.95. The van der Waals surface area contributed by atoms with Crippen molar-refractivity contribution < 1.29 is 4.74 Å². The summed E-state index contributed by atoms with van der Waals surface area (Å²) in [4.78, 5) is 2.52. The van der Waals surface area contributed by atoms with E-state index in [9.17, 15) is 0 Å². The number of morpholine rings is 1. The first-order valence-electron chi connectivity index (χ1n) is 6.62. The van der Waals surface area contributed by atoms with Crippen LogP contribution in [0.3, 0.4) is 0 Å². The van der Waals surface area contributed by atoms with Crippen LogP contribution in [0.15, 0.2) is 0 Å². The number of rotatable bonds is 4. The highest BCUT2D eigenvalue weighted by atomic mass is 16.5. The van der Waals surface area contributed by atoms with Crippen molar-refractivity contribution in [3.05, 3.63) is 0 Å². The van der Waals surface area contributed by atoms with Crippen LogP contribution in [0.2, 0.25) is 0 Å². The maximum Gasteiger partial charge on any atom is 0.0878 e. The van der Waals surface area contributed by atoms with Gasteiger partial charge in [-0.15, -0.1) is 0 Å². The zero-order valence-corrected chi connectivity index (χ0v) is 11.1. The standard InChI is InChI=1S/C13H26N2O/c1-10(2)15-7-8-16-12(9-15)13(3,4)14-11-5-6-11/h10-12,14H,5-9H2,1-4H3/t12-/m1/s1. The van der Waals surface area contributed by atoms with E-state index in [4.69, 9.17) is 4.74 Å². The van der Waals surface area contributed by atoms with Crippen molar-refractivity contribution in [2.24, 2.45) is 0 Å². The number of nitrogens with one attached hydrogen (secondary N) is 1. The molecule has 1 saturated carbocycles. The number of ether oxygens (including phenoxy) is 1. The van der Waals surface area contributed by atoms with Crippen molar-refractivity contribution in [1.82, 2.24) is 10.2 Å². The van der Waals surface area contributed by atoms with Crippen molar-refractivity contribution in [3.8, 4) is 0 Å². The number of hydrogen-bond acceptors (Lipinski definition) is 3. The summed E-state index contributed by atoms with van der Waals surface area (Å²) >= 11 is 0. The third-order valence-electron chi connectivity index (χ3n) is 3.79. The van der Waals surface area contributed by atoms with Gasteiger partial charge in [-0.25, -0.2) is 0 Å². The Balaban J connectivity index is 1.91. The van der Waals surface area contributed by atoms with E-state index in [1.54, 1.807) is 0 Å². The molecule has 1 aliphatic heterocycles. The second-order valence-corrected chi connectivity index (χ2v) is 6.09. The SMILES string of the molecule is CC(C)N1CCO[C@@H](C(C)(C)NC2CC2)C1. The number of hydrogen-bond donors (Lipinski definition) is 1. The zero-order valence-electron chi connectivity index (χ0n) is 11.1. The Hall–Kier alpha value is -0.120. The average molecular weight is 226 g/mol. The van der Waals surface area contributed by atoms with E-state index in [1.807, 2.05) is 0 Å². The van der Waals surface area contributed by atoms with Crippen LogP contribution >= 0.6 is 0 Å². The molecule has 0 aromatic heterocycles. The first-order chi connectivity index (χ1) is 7.49. The maximum atomic E-state index is 5.95. The van der Waals surface area contributed by atoms with Crippen LogP contribution in [0.25, 0.3) is 0 Å². The lowest BCUT2D eigenvalue weighted by Gasteiger charge is -2.43. The van der Waals surface area contributed by atoms with Gasteiger partial charge >= 0.3 is 0 Å². The third kappa shape index (κ3) is 2.96. The van der Waals surface area contributed by atoms with Gasteiger partial charge in [0.05, 0.1) is 12.7 Å². The summed E-state index contributed by atoms with van der Waals surface area (Å²) in [5, 5.41) is 3.71. The summed E-state index contributed by atoms with van der Waals surface area (Å²) in [7, 11) is 0. The van der Waals surface area contributed by atoms with E-state index in [2.05, 4.69) is 37.9 Å². The molecule has 0 amide bonds. The van der Waals surface area contributed by atoms with E-state index in [0.29, 0.717) is 12.1 Å². The average Bonchev–Trinajstić information content (AvgIpc) is 3.01. The predicted molar refractivity (Wildman–Crippen MR) is 66.7 cm³/mol. The van der Waals surface area contributed by atoms with Crippen LogP contribution in [0, 0.1) is 0 Å². The highest BCUT2D eigenvalue weighted by molar-refractivity contribution is 4.97. The van der Waals surface area contributed by atoms with Gasteiger partial charge in [-0.2, -0.15) is 0 Å². The van der Waals surface area contributed by atoms with Gasteiger partial charge in [-0.05, 0) is 40.5 Å². The van der Waals surface area contributed by atoms with E-state index in [1.165, 1.54) is 12.8 Å². The lowest BCUT2D eigenvalue weighted by atomic mass is 9.95. The smallest absolute Gasteiger partial charge is 0.0878 e. The van der Waals surface area contributed by atoms with Crippen molar-refractivity contribution in [2.75, 3.05) is 19.7 Å². The lowest BCUT2D eigenvalue weighted by Crippen LogP contribution is -2.59. The molecule has 0 aromatic carbocycles. The molecule has 3 nitrogen and oxygen atoms in total. The van der Waals surface area contributed by atoms with E-state index < -0.39 is 0 Å². The number of nitrogens with zero attached hydrogens (tertiary/aromatic N) is 1. The zero-order chi connectivity index (χ0) is 11.8. The summed E-state index contributed by atoms with van der Waals surface area (Å²) in [5.74, 6) is 0. The molecular weight excluding hydrogens is 200 g/mol. The fourth-order valence-corrected chi connectivity index (χ4v) is 2.42. The van der Waals surface area contributed by atoms with Gasteiger partial charge in [0.1, 0.15) is 0 Å². The van der Waals surface area contributed by atoms with Crippen molar-refractivity contribution in [3.63, 3.8) is 0 Å². The molecule has 1 aliphatic carbocycles. The van der Waals surface area contributed by atoms with Crippen molar-refractivity contribution >= 4 is 0 Å². The Morgan fingerprint density at radius 2 is 2.00 bits per heavy atom. The molecule has 2 fully saturated rings. The molecule has 0 bridgehead atoms. The molecule has 1 heterocycles. The molecule has 3 heteroatoms. The molecule has 2 aliphatic rings. The first kappa shape index (κ1) is 12.3. The fraction of sp³-hybridized carbons (Fsp3) is 1.00. The summed E-state index contributed by atoms with van der Waals surface area (Å²) < 4.78 is 5.95. The molecule has 0 radical (unpaired) electrons. The third-order valence-corrected chi connectivity index (χ3v) is 3.79. The van der Waals surface area contributed by atoms with Gasteiger partial charge in [-0.3, -0.25) is 4.90 Å². The second kappa shape index (κ2) is 4.63. The Bertz CT molecular complexity index is 236. The Kier molecular flexibility index (Phi) is 3.57. The first-order valence-corrected chi connectivity index (χ1v) is 6.62. The van der Waals surface area contributed by atoms with Crippen LogP contribution < -0.4 is 5.32 Å². The normalized spacial score (nSPS) is 28.7. The van der Waals surface area contributed by atoms with E-state index >= 15 is 0 Å². The summed E-state index contributed by atoms with van der Waals surface area (Å²) in [6, 6.07) is 1.37. The van der Waals surface area contributed by atoms with Crippen molar-refractivity contribution in [2.45, 2.75) is 64.3 Å². The van der Waals surface area contributed by atoms with Gasteiger partial charge in [0.25, 0.3) is 0 Å². The van der Waals surface area contributed by atoms with Gasteiger partial charge in [-0.1, -0.05) is 0 Å². The second-order valence-electron chi connectivity index (χ2n) is 6.09. The van der Waals surface area contributed by atoms with Crippen molar-refractivity contribution in [1.29, 1.82) is 0 Å². The molecule has 0 unspecified atom stereocenters. The minimum Gasteiger partial charge on any atom is -0.374 e. The summed E-state index contributed by atoms with van der Waals surface area (Å²) in [6.45, 7) is 12.1. The minimum atomic E-state index is 0.106. The molecular formula is C13H26N2O. The van der Waals surface area contributed by atoms with Gasteiger partial charge in [0.15, 0.2) is 0 Å². The Morgan fingerprint density at radius 1 is 1.31 bits per heavy atom. The van der Waals surface area contributed by atoms with Gasteiger partial charge in [0.2, 0.25) is 0 Å². The monoisotopic (exact) mass is 226 g/mol. The quantitative estimate of drug-likeness (QED) is 0.788.